The first-order valence-electron chi connectivity index (χ1n) is 6.73. The van der Waals surface area contributed by atoms with Gasteiger partial charge in [0.05, 0.1) is 16.8 Å². The van der Waals surface area contributed by atoms with Crippen LogP contribution < -0.4 is 10.3 Å². The second kappa shape index (κ2) is 4.18. The zero-order valence-electron chi connectivity index (χ0n) is 11.8. The van der Waals surface area contributed by atoms with Gasteiger partial charge in [-0.1, -0.05) is 0 Å². The quantitative estimate of drug-likeness (QED) is 0.769. The molecule has 1 saturated carbocycles. The van der Waals surface area contributed by atoms with Crippen molar-refractivity contribution in [1.82, 2.24) is 9.97 Å². The molecular formula is C13H19BN2O3. The van der Waals surface area contributed by atoms with E-state index in [1.54, 1.807) is 6.20 Å². The molecule has 2 aliphatic rings. The summed E-state index contributed by atoms with van der Waals surface area (Å²) in [5.41, 5.74) is -0.00965. The van der Waals surface area contributed by atoms with Crippen LogP contribution in [-0.2, 0) is 9.31 Å². The molecule has 0 unspecified atom stereocenters. The van der Waals surface area contributed by atoms with Crippen LogP contribution in [0.25, 0.3) is 0 Å². The minimum atomic E-state index is -0.463. The third-order valence-corrected chi connectivity index (χ3v) is 3.95. The lowest BCUT2D eigenvalue weighted by Gasteiger charge is -2.32. The highest BCUT2D eigenvalue weighted by atomic mass is 16.7. The van der Waals surface area contributed by atoms with E-state index >= 15 is 0 Å². The number of ether oxygens (including phenoxy) is 1. The Kier molecular flexibility index (Phi) is 2.83. The van der Waals surface area contributed by atoms with E-state index in [9.17, 15) is 0 Å². The fraction of sp³-hybridized carbons (Fsp3) is 0.692. The van der Waals surface area contributed by atoms with Gasteiger partial charge in [0.25, 0.3) is 0 Å². The molecule has 5 nitrogen and oxygen atoms in total. The Morgan fingerprint density at radius 3 is 2.42 bits per heavy atom. The SMILES string of the molecule is CC1(C)OB(c2ccnc(OC3CC3)n2)OC1(C)C. The second-order valence-corrected chi connectivity index (χ2v) is 6.17. The van der Waals surface area contributed by atoms with Crippen LogP contribution in [0.2, 0.25) is 0 Å². The first-order valence-corrected chi connectivity index (χ1v) is 6.73. The zero-order valence-corrected chi connectivity index (χ0v) is 11.8. The average Bonchev–Trinajstić information content (AvgIpc) is 3.07. The summed E-state index contributed by atoms with van der Waals surface area (Å²) in [7, 11) is -0.463. The predicted octanol–water partition coefficient (Wildman–Crippen LogP) is 1.32. The number of nitrogens with zero attached hydrogens (tertiary/aromatic N) is 2. The van der Waals surface area contributed by atoms with Crippen LogP contribution in [-0.4, -0.2) is 34.4 Å². The number of rotatable bonds is 3. The van der Waals surface area contributed by atoms with Gasteiger partial charge < -0.3 is 14.0 Å². The van der Waals surface area contributed by atoms with Crippen molar-refractivity contribution < 1.29 is 14.0 Å². The summed E-state index contributed by atoms with van der Waals surface area (Å²) in [6.45, 7) is 8.09. The number of aromatic nitrogens is 2. The molecule has 0 aromatic carbocycles. The van der Waals surface area contributed by atoms with Crippen molar-refractivity contribution in [3.63, 3.8) is 0 Å². The fourth-order valence-corrected chi connectivity index (χ4v) is 1.84. The molecule has 0 atom stereocenters. The van der Waals surface area contributed by atoms with Crippen molar-refractivity contribution in [3.8, 4) is 6.01 Å². The lowest BCUT2D eigenvalue weighted by atomic mass is 9.85. The smallest absolute Gasteiger partial charge is 0.460 e. The normalized spacial score (nSPS) is 24.5. The van der Waals surface area contributed by atoms with Crippen molar-refractivity contribution in [2.24, 2.45) is 0 Å². The average molecular weight is 262 g/mol. The van der Waals surface area contributed by atoms with Gasteiger partial charge in [-0.05, 0) is 46.6 Å². The second-order valence-electron chi connectivity index (χ2n) is 6.17. The molecule has 2 fully saturated rings. The summed E-state index contributed by atoms with van der Waals surface area (Å²) in [6.07, 6.45) is 4.15. The molecule has 3 rings (SSSR count). The van der Waals surface area contributed by atoms with Gasteiger partial charge in [-0.2, -0.15) is 0 Å². The van der Waals surface area contributed by atoms with Gasteiger partial charge in [0.15, 0.2) is 0 Å². The molecule has 19 heavy (non-hydrogen) atoms. The van der Waals surface area contributed by atoms with Crippen molar-refractivity contribution >= 4 is 12.7 Å². The van der Waals surface area contributed by atoms with Gasteiger partial charge in [-0.25, -0.2) is 9.97 Å². The molecule has 0 spiro atoms. The molecule has 6 heteroatoms. The van der Waals surface area contributed by atoms with Crippen LogP contribution >= 0.6 is 0 Å². The highest BCUT2D eigenvalue weighted by Crippen LogP contribution is 2.36. The Morgan fingerprint density at radius 2 is 1.84 bits per heavy atom. The maximum absolute atomic E-state index is 5.96. The Hall–Kier alpha value is -1.14. The summed E-state index contributed by atoms with van der Waals surface area (Å²) in [4.78, 5) is 8.50. The molecule has 1 aromatic rings. The van der Waals surface area contributed by atoms with E-state index in [1.807, 2.05) is 33.8 Å². The van der Waals surface area contributed by atoms with E-state index < -0.39 is 7.12 Å². The van der Waals surface area contributed by atoms with E-state index in [0.29, 0.717) is 11.6 Å². The summed E-state index contributed by atoms with van der Waals surface area (Å²) < 4.78 is 17.5. The van der Waals surface area contributed by atoms with Crippen molar-refractivity contribution in [2.45, 2.75) is 57.8 Å². The summed E-state index contributed by atoms with van der Waals surface area (Å²) in [5, 5.41) is 0. The highest BCUT2D eigenvalue weighted by Gasteiger charge is 2.52. The van der Waals surface area contributed by atoms with Crippen LogP contribution in [0.5, 0.6) is 6.01 Å². The highest BCUT2D eigenvalue weighted by molar-refractivity contribution is 6.61. The minimum Gasteiger partial charge on any atom is -0.460 e. The molecule has 0 bridgehead atoms. The Balaban J connectivity index is 1.79. The molecule has 1 saturated heterocycles. The number of hydrogen-bond acceptors (Lipinski definition) is 5. The maximum atomic E-state index is 5.96. The largest absolute Gasteiger partial charge is 0.514 e. The van der Waals surface area contributed by atoms with E-state index in [1.165, 1.54) is 0 Å². The molecule has 0 amide bonds. The van der Waals surface area contributed by atoms with Crippen LogP contribution in [0.1, 0.15) is 40.5 Å². The molecule has 2 heterocycles. The molecule has 0 N–H and O–H groups in total. The van der Waals surface area contributed by atoms with Crippen molar-refractivity contribution in [1.29, 1.82) is 0 Å². The van der Waals surface area contributed by atoms with E-state index in [4.69, 9.17) is 14.0 Å². The van der Waals surface area contributed by atoms with Crippen molar-refractivity contribution in [2.75, 3.05) is 0 Å². The lowest BCUT2D eigenvalue weighted by molar-refractivity contribution is 0.00578. The van der Waals surface area contributed by atoms with Gasteiger partial charge in [0.2, 0.25) is 0 Å². The van der Waals surface area contributed by atoms with Gasteiger partial charge in [0, 0.05) is 6.20 Å². The van der Waals surface area contributed by atoms with Gasteiger partial charge >= 0.3 is 13.1 Å². The first-order chi connectivity index (χ1) is 8.87. The fourth-order valence-electron chi connectivity index (χ4n) is 1.84. The van der Waals surface area contributed by atoms with Gasteiger partial charge in [0.1, 0.15) is 6.10 Å². The van der Waals surface area contributed by atoms with Crippen LogP contribution in [0.4, 0.5) is 0 Å². The standard InChI is InChI=1S/C13H19BN2O3/c1-12(2)13(3,4)19-14(18-12)10-7-8-15-11(16-10)17-9-5-6-9/h7-9H,5-6H2,1-4H3. The summed E-state index contributed by atoms with van der Waals surface area (Å²) >= 11 is 0. The zero-order chi connectivity index (χ0) is 13.7. The number of hydrogen-bond donors (Lipinski definition) is 0. The summed E-state index contributed by atoms with van der Waals surface area (Å²) in [6, 6.07) is 2.22. The Labute approximate surface area is 113 Å². The summed E-state index contributed by atoms with van der Waals surface area (Å²) in [5.74, 6) is 0. The van der Waals surface area contributed by atoms with Crippen LogP contribution in [0.15, 0.2) is 12.3 Å². The molecule has 1 aromatic heterocycles. The molecule has 1 aliphatic heterocycles. The molecular weight excluding hydrogens is 243 g/mol. The van der Waals surface area contributed by atoms with E-state index in [2.05, 4.69) is 9.97 Å². The first kappa shape index (κ1) is 12.9. The lowest BCUT2D eigenvalue weighted by Crippen LogP contribution is -2.41. The topological polar surface area (TPSA) is 53.5 Å². The van der Waals surface area contributed by atoms with Gasteiger partial charge in [-0.3, -0.25) is 0 Å². The third-order valence-electron chi connectivity index (χ3n) is 3.95. The molecule has 1 aliphatic carbocycles. The monoisotopic (exact) mass is 262 g/mol. The van der Waals surface area contributed by atoms with Crippen LogP contribution in [0.3, 0.4) is 0 Å². The van der Waals surface area contributed by atoms with E-state index in [-0.39, 0.29) is 17.3 Å². The Bertz CT molecular complexity index is 473. The predicted molar refractivity (Wildman–Crippen MR) is 71.4 cm³/mol. The maximum Gasteiger partial charge on any atom is 0.514 e. The van der Waals surface area contributed by atoms with Gasteiger partial charge in [-0.15, -0.1) is 0 Å². The van der Waals surface area contributed by atoms with Crippen LogP contribution in [0, 0.1) is 0 Å². The van der Waals surface area contributed by atoms with E-state index in [0.717, 1.165) is 12.8 Å². The Morgan fingerprint density at radius 1 is 1.21 bits per heavy atom. The third kappa shape index (κ3) is 2.47. The van der Waals surface area contributed by atoms with Crippen molar-refractivity contribution in [3.05, 3.63) is 12.3 Å². The molecule has 0 radical (unpaired) electrons. The minimum absolute atomic E-state index is 0.286. The molecule has 102 valence electrons.